The molecule has 0 bridgehead atoms. The fourth-order valence-electron chi connectivity index (χ4n) is 0.647. The molecule has 0 spiro atoms. The summed E-state index contributed by atoms with van der Waals surface area (Å²) >= 11 is 3.24. The van der Waals surface area contributed by atoms with Gasteiger partial charge in [0.15, 0.2) is 0 Å². The smallest absolute Gasteiger partial charge is 0.493 e. The predicted molar refractivity (Wildman–Crippen MR) is 48.3 cm³/mol. The van der Waals surface area contributed by atoms with Gasteiger partial charge >= 0.3 is 51.4 Å². The van der Waals surface area contributed by atoms with Crippen molar-refractivity contribution in [1.29, 1.82) is 0 Å². The molecule has 0 atom stereocenters. The molecule has 0 saturated carbocycles. The van der Waals surface area contributed by atoms with Gasteiger partial charge in [-0.1, -0.05) is 4.47 Å². The summed E-state index contributed by atoms with van der Waals surface area (Å²) in [5.74, 6) is -1.08. The molecule has 0 aliphatic heterocycles. The van der Waals surface area contributed by atoms with E-state index in [1.165, 1.54) is 6.08 Å². The Labute approximate surface area is 128 Å². The first-order valence-corrected chi connectivity index (χ1v) is 3.98. The quantitative estimate of drug-likeness (QED) is 0.429. The van der Waals surface area contributed by atoms with Crippen LogP contribution in [0, 0.1) is 12.1 Å². The van der Waals surface area contributed by atoms with Crippen molar-refractivity contribution in [3.63, 3.8) is 0 Å². The Bertz CT molecular complexity index is 306. The van der Waals surface area contributed by atoms with Gasteiger partial charge in [-0.15, -0.1) is 22.0 Å². The molecule has 0 fully saturated rings. The molecule has 13 heavy (non-hydrogen) atoms. The average Bonchev–Trinajstić information content (AvgIpc) is 2.03. The summed E-state index contributed by atoms with van der Waals surface area (Å²) in [6, 6.07) is 8.14. The molecule has 4 heteroatoms. The van der Waals surface area contributed by atoms with E-state index in [2.05, 4.69) is 28.1 Å². The van der Waals surface area contributed by atoms with E-state index in [9.17, 15) is 4.79 Å². The first-order chi connectivity index (χ1) is 5.68. The van der Waals surface area contributed by atoms with Crippen LogP contribution in [0.3, 0.4) is 0 Å². The minimum absolute atomic E-state index is 0. The largest absolute Gasteiger partial charge is 1.00 e. The molecule has 0 heterocycles. The third-order valence-electron chi connectivity index (χ3n) is 1.15. The summed E-state index contributed by atoms with van der Waals surface area (Å²) in [4.78, 5) is 10.1. The molecule has 62 valence electrons. The molecule has 0 aliphatic rings. The molecule has 1 aromatic rings. The Balaban J connectivity index is 0.00000144. The topological polar surface area (TPSA) is 37.3 Å². The van der Waals surface area contributed by atoms with Crippen LogP contribution in [0.4, 0.5) is 0 Å². The number of carboxylic acid groups (broad SMARTS) is 1. The van der Waals surface area contributed by atoms with Crippen molar-refractivity contribution in [1.82, 2.24) is 0 Å². The Morgan fingerprint density at radius 2 is 2.31 bits per heavy atom. The third-order valence-corrected chi connectivity index (χ3v) is 1.64. The van der Waals surface area contributed by atoms with Crippen LogP contribution >= 0.6 is 15.9 Å². The molecule has 0 unspecified atom stereocenters. The standard InChI is InChI=1S/C9H5BrO2.K/c10-8-4-1-7(2-5-8)3-6-9(11)12;/h1,3-5H,(H,11,12);/q-2;+1. The van der Waals surface area contributed by atoms with E-state index in [1.807, 2.05) is 6.07 Å². The molecule has 0 aromatic heterocycles. The van der Waals surface area contributed by atoms with Gasteiger partial charge in [-0.3, -0.25) is 4.79 Å². The Morgan fingerprint density at radius 3 is 2.77 bits per heavy atom. The van der Waals surface area contributed by atoms with Crippen LogP contribution in [-0.2, 0) is 4.79 Å². The van der Waals surface area contributed by atoms with Gasteiger partial charge in [-0.05, 0) is 0 Å². The maximum absolute atomic E-state index is 10.1. The van der Waals surface area contributed by atoms with Gasteiger partial charge in [-0.25, -0.2) is 18.2 Å². The average molecular weight is 264 g/mol. The van der Waals surface area contributed by atoms with Gasteiger partial charge in [-0.2, -0.15) is 6.07 Å². The summed E-state index contributed by atoms with van der Waals surface area (Å²) in [7, 11) is 0. The summed E-state index contributed by atoms with van der Waals surface area (Å²) in [5.41, 5.74) is 0.695. The monoisotopic (exact) mass is 263 g/mol. The fourth-order valence-corrected chi connectivity index (χ4v) is 0.894. The van der Waals surface area contributed by atoms with Crippen LogP contribution in [0.1, 0.15) is 5.56 Å². The van der Waals surface area contributed by atoms with Crippen molar-refractivity contribution < 1.29 is 61.3 Å². The SMILES string of the molecule is O=C(O)[C-]=Cc1[c-]cc(Br)cc1.[K+]. The zero-order valence-electron chi connectivity index (χ0n) is 7.04. The van der Waals surface area contributed by atoms with Crippen LogP contribution in [-0.4, -0.2) is 11.1 Å². The van der Waals surface area contributed by atoms with Gasteiger partial charge in [0.25, 0.3) is 0 Å². The number of carboxylic acids is 1. The van der Waals surface area contributed by atoms with Gasteiger partial charge < -0.3 is 16.7 Å². The molecule has 0 radical (unpaired) electrons. The molecular weight excluding hydrogens is 259 g/mol. The molecular formula is C9H5BrKO2-. The zero-order chi connectivity index (χ0) is 8.97. The van der Waals surface area contributed by atoms with E-state index in [1.54, 1.807) is 12.1 Å². The minimum atomic E-state index is -1.08. The zero-order valence-corrected chi connectivity index (χ0v) is 11.8. The molecule has 1 aromatic carbocycles. The number of hydrogen-bond donors (Lipinski definition) is 1. The summed E-state index contributed by atoms with van der Waals surface area (Å²) < 4.78 is 0.912. The second-order valence-corrected chi connectivity index (χ2v) is 2.97. The van der Waals surface area contributed by atoms with E-state index in [0.29, 0.717) is 5.56 Å². The Morgan fingerprint density at radius 1 is 1.62 bits per heavy atom. The Hall–Kier alpha value is 0.546. The molecule has 2 nitrogen and oxygen atoms in total. The first-order valence-electron chi connectivity index (χ1n) is 3.18. The van der Waals surface area contributed by atoms with Crippen molar-refractivity contribution >= 4 is 28.0 Å². The van der Waals surface area contributed by atoms with Crippen LogP contribution in [0.15, 0.2) is 22.7 Å². The van der Waals surface area contributed by atoms with Crippen molar-refractivity contribution in [2.24, 2.45) is 0 Å². The Kier molecular flexibility index (Phi) is 7.21. The second-order valence-electron chi connectivity index (χ2n) is 2.06. The van der Waals surface area contributed by atoms with Crippen molar-refractivity contribution in [3.05, 3.63) is 40.4 Å². The van der Waals surface area contributed by atoms with Gasteiger partial charge in [0.2, 0.25) is 5.97 Å². The molecule has 0 aliphatic carbocycles. The maximum Gasteiger partial charge on any atom is 1.00 e. The minimum Gasteiger partial charge on any atom is -0.493 e. The number of rotatable bonds is 2. The molecule has 0 amide bonds. The number of carbonyl (C=O) groups is 1. The number of halogens is 1. The number of benzene rings is 1. The van der Waals surface area contributed by atoms with E-state index < -0.39 is 5.97 Å². The van der Waals surface area contributed by atoms with Crippen LogP contribution in [0.5, 0.6) is 0 Å². The van der Waals surface area contributed by atoms with E-state index in [0.717, 1.165) is 4.47 Å². The van der Waals surface area contributed by atoms with E-state index >= 15 is 0 Å². The van der Waals surface area contributed by atoms with Crippen molar-refractivity contribution in [3.8, 4) is 0 Å². The van der Waals surface area contributed by atoms with Crippen LogP contribution in [0.25, 0.3) is 6.08 Å². The molecule has 1 rings (SSSR count). The fraction of sp³-hybridized carbons (Fsp3) is 0. The summed E-state index contributed by atoms with van der Waals surface area (Å²) in [5, 5.41) is 8.26. The van der Waals surface area contributed by atoms with E-state index in [-0.39, 0.29) is 51.4 Å². The summed E-state index contributed by atoms with van der Waals surface area (Å²) in [6.07, 6.45) is 3.50. The number of aliphatic carboxylic acids is 1. The third kappa shape index (κ3) is 5.77. The van der Waals surface area contributed by atoms with Gasteiger partial charge in [0.1, 0.15) is 0 Å². The predicted octanol–water partition coefficient (Wildman–Crippen LogP) is -0.846. The van der Waals surface area contributed by atoms with Crippen LogP contribution < -0.4 is 51.4 Å². The second kappa shape index (κ2) is 6.92. The normalized spacial score (nSPS) is 9.62. The molecule has 0 saturated heterocycles. The van der Waals surface area contributed by atoms with E-state index in [4.69, 9.17) is 5.11 Å². The summed E-state index contributed by atoms with van der Waals surface area (Å²) in [6.45, 7) is 0. The van der Waals surface area contributed by atoms with Crippen molar-refractivity contribution in [2.45, 2.75) is 0 Å². The van der Waals surface area contributed by atoms with Crippen LogP contribution in [0.2, 0.25) is 0 Å². The first kappa shape index (κ1) is 13.5. The van der Waals surface area contributed by atoms with Gasteiger partial charge in [0, 0.05) is 0 Å². The van der Waals surface area contributed by atoms with Crippen molar-refractivity contribution in [2.75, 3.05) is 0 Å². The molecule has 1 N–H and O–H groups in total. The van der Waals surface area contributed by atoms with Gasteiger partial charge in [0.05, 0.1) is 0 Å². The maximum atomic E-state index is 10.1. The number of hydrogen-bond acceptors (Lipinski definition) is 1.